The van der Waals surface area contributed by atoms with Gasteiger partial charge in [0.25, 0.3) is 0 Å². The van der Waals surface area contributed by atoms with E-state index in [-0.39, 0.29) is 23.3 Å². The van der Waals surface area contributed by atoms with Crippen molar-refractivity contribution in [1.29, 1.82) is 0 Å². The molecule has 0 spiro atoms. The van der Waals surface area contributed by atoms with Gasteiger partial charge in [-0.15, -0.1) is 12.8 Å². The Morgan fingerprint density at radius 1 is 1.03 bits per heavy atom. The number of carbonyl (C=O) groups excluding carboxylic acids is 1. The number of aryl methyl sites for hydroxylation is 1. The van der Waals surface area contributed by atoms with Gasteiger partial charge in [0.2, 0.25) is 0 Å². The highest BCUT2D eigenvalue weighted by Crippen LogP contribution is 2.29. The number of aromatic nitrogens is 1. The van der Waals surface area contributed by atoms with Gasteiger partial charge in [-0.2, -0.15) is 13.2 Å². The lowest BCUT2D eigenvalue weighted by Crippen LogP contribution is -2.43. The van der Waals surface area contributed by atoms with Crippen LogP contribution in [0.1, 0.15) is 58.1 Å². The first-order chi connectivity index (χ1) is 17.4. The van der Waals surface area contributed by atoms with Gasteiger partial charge >= 0.3 is 12.3 Å². The van der Waals surface area contributed by atoms with Crippen molar-refractivity contribution in [1.82, 2.24) is 9.88 Å². The summed E-state index contributed by atoms with van der Waals surface area (Å²) in [6.07, 6.45) is 7.88. The first kappa shape index (κ1) is 32.5. The molecule has 1 aliphatic carbocycles. The molecule has 2 fully saturated rings. The Morgan fingerprint density at radius 2 is 1.54 bits per heavy atom. The van der Waals surface area contributed by atoms with Crippen molar-refractivity contribution in [3.8, 4) is 18.6 Å². The average Bonchev–Trinajstić information content (AvgIpc) is 2.87. The van der Waals surface area contributed by atoms with E-state index in [2.05, 4.69) is 22.6 Å². The maximum absolute atomic E-state index is 12.2. The smallest absolute Gasteiger partial charge is 0.422 e. The Morgan fingerprint density at radius 3 is 2.03 bits per heavy atom. The summed E-state index contributed by atoms with van der Waals surface area (Å²) >= 11 is 0. The molecule has 1 saturated heterocycles. The molecule has 8 nitrogen and oxygen atoms in total. The number of piperidine rings is 1. The summed E-state index contributed by atoms with van der Waals surface area (Å²) < 4.78 is 76.3. The van der Waals surface area contributed by atoms with Crippen molar-refractivity contribution in [3.63, 3.8) is 0 Å². The number of likely N-dealkylation sites (tertiary alicyclic amines) is 1. The molecule has 0 N–H and O–H groups in total. The molecule has 12 heteroatoms. The van der Waals surface area contributed by atoms with E-state index in [1.54, 1.807) is 13.0 Å². The number of pyridine rings is 1. The Labute approximate surface area is 217 Å². The summed E-state index contributed by atoms with van der Waals surface area (Å²) in [5.41, 5.74) is 0.525. The van der Waals surface area contributed by atoms with Crippen LogP contribution in [0.2, 0.25) is 0 Å². The van der Waals surface area contributed by atoms with E-state index in [0.717, 1.165) is 31.9 Å². The normalized spacial score (nSPS) is 20.5. The summed E-state index contributed by atoms with van der Waals surface area (Å²) in [7, 11) is -3.37. The van der Waals surface area contributed by atoms with E-state index in [9.17, 15) is 26.4 Å². The molecule has 37 heavy (non-hydrogen) atoms. The van der Waals surface area contributed by atoms with Crippen LogP contribution in [0.15, 0.2) is 17.2 Å². The van der Waals surface area contributed by atoms with Crippen LogP contribution in [0.25, 0.3) is 0 Å². The number of ether oxygens (including phenoxy) is 3. The van der Waals surface area contributed by atoms with Crippen LogP contribution >= 0.6 is 0 Å². The largest absolute Gasteiger partial charge is 0.489 e. The number of carbonyl (C=O) groups is 1. The van der Waals surface area contributed by atoms with Gasteiger partial charge in [0, 0.05) is 19.3 Å². The molecule has 0 unspecified atom stereocenters. The SMILES string of the molecule is C#C.CC.Cc1nc(S(C)(=O)=O)ccc1OC1CCC(OC2CCN(C(=O)OCC(F)(F)F)CC2)CC1. The molecule has 1 amide bonds. The van der Waals surface area contributed by atoms with Gasteiger partial charge in [-0.05, 0) is 57.6 Å². The van der Waals surface area contributed by atoms with E-state index < -0.39 is 28.7 Å². The third-order valence-corrected chi connectivity index (χ3v) is 6.74. The van der Waals surface area contributed by atoms with Crippen molar-refractivity contribution in [2.45, 2.75) is 88.8 Å². The number of alkyl halides is 3. The molecule has 210 valence electrons. The molecule has 1 aromatic rings. The molecule has 1 saturated carbocycles. The van der Waals surface area contributed by atoms with Gasteiger partial charge in [-0.3, -0.25) is 0 Å². The number of halogens is 3. The predicted octanol–water partition coefficient (Wildman–Crippen LogP) is 4.94. The minimum atomic E-state index is -4.53. The molecule has 0 aromatic carbocycles. The lowest BCUT2D eigenvalue weighted by atomic mass is 9.94. The van der Waals surface area contributed by atoms with Gasteiger partial charge in [-0.25, -0.2) is 18.2 Å². The van der Waals surface area contributed by atoms with Crippen molar-refractivity contribution in [2.75, 3.05) is 26.0 Å². The molecule has 1 aromatic heterocycles. The number of hydrogen-bond acceptors (Lipinski definition) is 7. The van der Waals surface area contributed by atoms with Crippen molar-refractivity contribution >= 4 is 15.9 Å². The van der Waals surface area contributed by atoms with Crippen LogP contribution in [0.3, 0.4) is 0 Å². The van der Waals surface area contributed by atoms with Crippen LogP contribution in [0.5, 0.6) is 5.75 Å². The average molecular weight is 551 g/mol. The minimum absolute atomic E-state index is 0.0142. The molecule has 3 rings (SSSR count). The molecule has 0 bridgehead atoms. The van der Waals surface area contributed by atoms with Crippen LogP contribution in [0, 0.1) is 19.8 Å². The number of rotatable bonds is 6. The van der Waals surface area contributed by atoms with E-state index in [1.165, 1.54) is 11.0 Å². The molecule has 2 aliphatic rings. The molecule has 2 heterocycles. The zero-order chi connectivity index (χ0) is 28.2. The van der Waals surface area contributed by atoms with Crippen LogP contribution in [0.4, 0.5) is 18.0 Å². The van der Waals surface area contributed by atoms with Crippen LogP contribution in [-0.4, -0.2) is 74.8 Å². The summed E-state index contributed by atoms with van der Waals surface area (Å²) in [5.74, 6) is 0.566. The Balaban J connectivity index is 0.00000163. The van der Waals surface area contributed by atoms with E-state index in [0.29, 0.717) is 37.4 Å². The summed E-state index contributed by atoms with van der Waals surface area (Å²) in [6, 6.07) is 3.08. The third-order valence-electron chi connectivity index (χ3n) is 5.75. The fourth-order valence-electron chi connectivity index (χ4n) is 4.00. The first-order valence-corrected chi connectivity index (χ1v) is 14.1. The van der Waals surface area contributed by atoms with Gasteiger partial charge in [-0.1, -0.05) is 13.8 Å². The fraction of sp³-hybridized carbons (Fsp3) is 0.680. The van der Waals surface area contributed by atoms with Crippen LogP contribution in [-0.2, 0) is 19.3 Å². The lowest BCUT2D eigenvalue weighted by Gasteiger charge is -2.35. The highest BCUT2D eigenvalue weighted by Gasteiger charge is 2.33. The van der Waals surface area contributed by atoms with E-state index >= 15 is 0 Å². The molecular weight excluding hydrogens is 513 g/mol. The number of nitrogens with zero attached hydrogens (tertiary/aromatic N) is 2. The quantitative estimate of drug-likeness (QED) is 0.463. The van der Waals surface area contributed by atoms with E-state index in [4.69, 9.17) is 9.47 Å². The van der Waals surface area contributed by atoms with Crippen molar-refractivity contribution < 1.29 is 40.6 Å². The zero-order valence-corrected chi connectivity index (χ0v) is 22.6. The molecule has 0 radical (unpaired) electrons. The van der Waals surface area contributed by atoms with Gasteiger partial charge < -0.3 is 19.1 Å². The standard InChI is InChI=1S/C21H29F3N2O6S.C2H6.C2H2/c1-14-18(7-8-19(25-14)33(2,28)29)32-16-5-3-15(4-6-16)31-17-9-11-26(12-10-17)20(27)30-13-21(22,23)24;2*1-2/h7-8,15-17H,3-6,9-13H2,1-2H3;1-2H3;1-2H. The second-order valence-electron chi connectivity index (χ2n) is 8.51. The third kappa shape index (κ3) is 11.2. The highest BCUT2D eigenvalue weighted by molar-refractivity contribution is 7.90. The Bertz CT molecular complexity index is 968. The number of sulfone groups is 1. The predicted molar refractivity (Wildman–Crippen MR) is 133 cm³/mol. The second-order valence-corrected chi connectivity index (χ2v) is 10.5. The van der Waals surface area contributed by atoms with Crippen LogP contribution < -0.4 is 4.74 Å². The second kappa shape index (κ2) is 15.0. The molecule has 1 aliphatic heterocycles. The highest BCUT2D eigenvalue weighted by atomic mass is 32.2. The zero-order valence-electron chi connectivity index (χ0n) is 21.8. The Kier molecular flexibility index (Phi) is 13.2. The summed E-state index contributed by atoms with van der Waals surface area (Å²) in [4.78, 5) is 17.1. The first-order valence-electron chi connectivity index (χ1n) is 12.2. The Hall–Kier alpha value is -2.52. The van der Waals surface area contributed by atoms with Gasteiger partial charge in [0.05, 0.1) is 24.0 Å². The van der Waals surface area contributed by atoms with Gasteiger partial charge in [0.1, 0.15) is 5.75 Å². The summed E-state index contributed by atoms with van der Waals surface area (Å²) in [5, 5.41) is 0.0177. The lowest BCUT2D eigenvalue weighted by molar-refractivity contribution is -0.163. The topological polar surface area (TPSA) is 95.0 Å². The van der Waals surface area contributed by atoms with Crippen molar-refractivity contribution in [3.05, 3.63) is 17.8 Å². The maximum atomic E-state index is 12.2. The number of amides is 1. The minimum Gasteiger partial charge on any atom is -0.489 e. The van der Waals surface area contributed by atoms with Crippen molar-refractivity contribution in [2.24, 2.45) is 0 Å². The van der Waals surface area contributed by atoms with E-state index in [1.807, 2.05) is 13.8 Å². The molecular formula is C25H37F3N2O6S. The monoisotopic (exact) mass is 550 g/mol. The fourth-order valence-corrected chi connectivity index (χ4v) is 4.62. The number of hydrogen-bond donors (Lipinski definition) is 0. The number of terminal acetylenes is 1. The summed E-state index contributed by atoms with van der Waals surface area (Å²) in [6.45, 7) is 4.74. The molecule has 0 atom stereocenters. The maximum Gasteiger partial charge on any atom is 0.422 e. The van der Waals surface area contributed by atoms with Gasteiger partial charge in [0.15, 0.2) is 21.5 Å².